The van der Waals surface area contributed by atoms with E-state index in [1.165, 1.54) is 0 Å². The van der Waals surface area contributed by atoms with Crippen LogP contribution in [0.5, 0.6) is 0 Å². The standard InChI is InChI=1S/C20H24N2OS.ClH/c1-4-22(5-2)13-12-21-16-11-10-14(3)20-18(16)19(23)15-8-6-7-9-17(15)24-20;/h6-11,21H,4-5,12-13H2,1-3H3;1H. The third-order valence-corrected chi connectivity index (χ3v) is 5.87. The van der Waals surface area contributed by atoms with E-state index in [1.807, 2.05) is 30.3 Å². The van der Waals surface area contributed by atoms with Crippen LogP contribution in [0.4, 0.5) is 5.69 Å². The smallest absolute Gasteiger partial charge is 0.197 e. The Hall–Kier alpha value is -1.62. The molecule has 1 aromatic heterocycles. The van der Waals surface area contributed by atoms with Crippen molar-refractivity contribution in [3.8, 4) is 0 Å². The molecule has 0 aliphatic carbocycles. The fourth-order valence-corrected chi connectivity index (χ4v) is 4.24. The minimum Gasteiger partial charge on any atom is -0.383 e. The molecule has 0 aliphatic heterocycles. The molecule has 0 atom stereocenters. The maximum Gasteiger partial charge on any atom is 0.197 e. The minimum absolute atomic E-state index is 0. The van der Waals surface area contributed by atoms with E-state index in [9.17, 15) is 4.79 Å². The summed E-state index contributed by atoms with van der Waals surface area (Å²) >= 11 is 1.70. The highest BCUT2D eigenvalue weighted by Gasteiger charge is 2.12. The van der Waals surface area contributed by atoms with Gasteiger partial charge < -0.3 is 10.2 Å². The normalized spacial score (nSPS) is 11.0. The summed E-state index contributed by atoms with van der Waals surface area (Å²) in [5.41, 5.74) is 2.25. The van der Waals surface area contributed by atoms with Crippen LogP contribution < -0.4 is 10.7 Å². The second-order valence-electron chi connectivity index (χ2n) is 6.02. The predicted molar refractivity (Wildman–Crippen MR) is 114 cm³/mol. The zero-order valence-corrected chi connectivity index (χ0v) is 16.6. The molecule has 0 unspecified atom stereocenters. The monoisotopic (exact) mass is 376 g/mol. The van der Waals surface area contributed by atoms with E-state index >= 15 is 0 Å². The van der Waals surface area contributed by atoms with Crippen molar-refractivity contribution in [3.63, 3.8) is 0 Å². The fraction of sp³-hybridized carbons (Fsp3) is 0.350. The number of rotatable bonds is 6. The van der Waals surface area contributed by atoms with Gasteiger partial charge >= 0.3 is 0 Å². The van der Waals surface area contributed by atoms with Gasteiger partial charge in [0.25, 0.3) is 0 Å². The first-order chi connectivity index (χ1) is 11.7. The first-order valence-corrected chi connectivity index (χ1v) is 9.38. The third kappa shape index (κ3) is 3.97. The van der Waals surface area contributed by atoms with Gasteiger partial charge in [-0.1, -0.05) is 32.0 Å². The number of hydrogen-bond acceptors (Lipinski definition) is 4. The average Bonchev–Trinajstić information content (AvgIpc) is 2.61. The number of fused-ring (bicyclic) bond motifs is 2. The summed E-state index contributed by atoms with van der Waals surface area (Å²) in [4.78, 5) is 15.4. The van der Waals surface area contributed by atoms with Crippen molar-refractivity contribution in [2.24, 2.45) is 0 Å². The molecule has 1 heterocycles. The van der Waals surface area contributed by atoms with Crippen molar-refractivity contribution >= 4 is 49.6 Å². The van der Waals surface area contributed by atoms with Crippen LogP contribution in [0.15, 0.2) is 41.2 Å². The van der Waals surface area contributed by atoms with Crippen molar-refractivity contribution in [1.29, 1.82) is 0 Å². The van der Waals surface area contributed by atoms with E-state index in [0.717, 1.165) is 57.6 Å². The minimum atomic E-state index is 0. The van der Waals surface area contributed by atoms with Crippen molar-refractivity contribution in [3.05, 3.63) is 52.2 Å². The lowest BCUT2D eigenvalue weighted by molar-refractivity contribution is 0.316. The van der Waals surface area contributed by atoms with Gasteiger partial charge in [-0.25, -0.2) is 0 Å². The highest BCUT2D eigenvalue weighted by Crippen LogP contribution is 2.31. The van der Waals surface area contributed by atoms with Gasteiger partial charge in [-0.2, -0.15) is 0 Å². The first kappa shape index (κ1) is 19.7. The van der Waals surface area contributed by atoms with Crippen molar-refractivity contribution < 1.29 is 0 Å². The zero-order chi connectivity index (χ0) is 17.1. The molecule has 3 aromatic rings. The number of likely N-dealkylation sites (N-methyl/N-ethyl adjacent to an activating group) is 1. The van der Waals surface area contributed by atoms with Gasteiger partial charge in [-0.3, -0.25) is 4.79 Å². The van der Waals surface area contributed by atoms with Crippen molar-refractivity contribution in [1.82, 2.24) is 4.90 Å². The number of aryl methyl sites for hydroxylation is 1. The number of benzene rings is 2. The van der Waals surface area contributed by atoms with Gasteiger partial charge in [-0.15, -0.1) is 23.7 Å². The molecule has 2 aromatic carbocycles. The van der Waals surface area contributed by atoms with Gasteiger partial charge in [0.05, 0.1) is 5.39 Å². The molecule has 3 nitrogen and oxygen atoms in total. The van der Waals surface area contributed by atoms with Gasteiger partial charge in [0.2, 0.25) is 0 Å². The summed E-state index contributed by atoms with van der Waals surface area (Å²) in [6.07, 6.45) is 0. The van der Waals surface area contributed by atoms with Crippen LogP contribution in [0.25, 0.3) is 20.2 Å². The summed E-state index contributed by atoms with van der Waals surface area (Å²) in [5.74, 6) is 0. The van der Waals surface area contributed by atoms with E-state index in [0.29, 0.717) is 0 Å². The Morgan fingerprint density at radius 3 is 2.52 bits per heavy atom. The molecule has 0 fully saturated rings. The Balaban J connectivity index is 0.00000225. The van der Waals surface area contributed by atoms with Crippen LogP contribution in [0.3, 0.4) is 0 Å². The van der Waals surface area contributed by atoms with E-state index in [-0.39, 0.29) is 17.8 Å². The van der Waals surface area contributed by atoms with E-state index in [1.54, 1.807) is 11.3 Å². The molecule has 1 N–H and O–H groups in total. The molecule has 5 heteroatoms. The Morgan fingerprint density at radius 2 is 1.80 bits per heavy atom. The molecule has 0 radical (unpaired) electrons. The molecule has 0 spiro atoms. The zero-order valence-electron chi connectivity index (χ0n) is 15.0. The number of nitrogens with zero attached hydrogens (tertiary/aromatic N) is 1. The Labute approximate surface area is 159 Å². The van der Waals surface area contributed by atoms with Gasteiger partial charge in [0.1, 0.15) is 0 Å². The summed E-state index contributed by atoms with van der Waals surface area (Å²) < 4.78 is 2.14. The lowest BCUT2D eigenvalue weighted by Gasteiger charge is -2.19. The number of anilines is 1. The van der Waals surface area contributed by atoms with E-state index in [2.05, 4.69) is 37.1 Å². The summed E-state index contributed by atoms with van der Waals surface area (Å²) in [5, 5.41) is 5.13. The quantitative estimate of drug-likeness (QED) is 0.621. The van der Waals surface area contributed by atoms with Crippen LogP contribution in [0, 0.1) is 6.92 Å². The highest BCUT2D eigenvalue weighted by atomic mass is 35.5. The largest absolute Gasteiger partial charge is 0.383 e. The van der Waals surface area contributed by atoms with Gasteiger partial charge in [0.15, 0.2) is 5.43 Å². The fourth-order valence-electron chi connectivity index (χ4n) is 3.07. The van der Waals surface area contributed by atoms with Crippen LogP contribution >= 0.6 is 23.7 Å². The predicted octanol–water partition coefficient (Wildman–Crippen LogP) is 4.90. The molecule has 25 heavy (non-hydrogen) atoms. The maximum absolute atomic E-state index is 13.0. The van der Waals surface area contributed by atoms with E-state index in [4.69, 9.17) is 0 Å². The van der Waals surface area contributed by atoms with Gasteiger partial charge in [0, 0.05) is 33.6 Å². The lowest BCUT2D eigenvalue weighted by Crippen LogP contribution is -2.28. The van der Waals surface area contributed by atoms with Crippen molar-refractivity contribution in [2.75, 3.05) is 31.5 Å². The van der Waals surface area contributed by atoms with Crippen LogP contribution in [-0.2, 0) is 0 Å². The second-order valence-corrected chi connectivity index (χ2v) is 7.07. The first-order valence-electron chi connectivity index (χ1n) is 8.57. The molecule has 0 aliphatic rings. The Morgan fingerprint density at radius 1 is 1.08 bits per heavy atom. The Bertz CT molecular complexity index is 919. The van der Waals surface area contributed by atoms with Crippen LogP contribution in [0.2, 0.25) is 0 Å². The molecule has 134 valence electrons. The topological polar surface area (TPSA) is 32.3 Å². The number of nitrogens with one attached hydrogen (secondary N) is 1. The lowest BCUT2D eigenvalue weighted by atomic mass is 10.1. The molecule has 3 rings (SSSR count). The summed E-state index contributed by atoms with van der Waals surface area (Å²) in [7, 11) is 0. The SMILES string of the molecule is CCN(CC)CCNc1ccc(C)c2sc3ccccc3c(=O)c12.Cl. The number of hydrogen-bond donors (Lipinski definition) is 1. The highest BCUT2D eigenvalue weighted by molar-refractivity contribution is 7.24. The average molecular weight is 377 g/mol. The molecule has 0 amide bonds. The Kier molecular flexibility index (Phi) is 6.82. The van der Waals surface area contributed by atoms with Crippen LogP contribution in [-0.4, -0.2) is 31.1 Å². The van der Waals surface area contributed by atoms with Crippen LogP contribution in [0.1, 0.15) is 19.4 Å². The summed E-state index contributed by atoms with van der Waals surface area (Å²) in [6, 6.07) is 12.0. The summed E-state index contributed by atoms with van der Waals surface area (Å²) in [6.45, 7) is 10.3. The number of halogens is 1. The van der Waals surface area contributed by atoms with Crippen molar-refractivity contribution in [2.45, 2.75) is 20.8 Å². The molecule has 0 bridgehead atoms. The molecule has 0 saturated carbocycles. The van der Waals surface area contributed by atoms with Gasteiger partial charge in [-0.05, 0) is 43.8 Å². The molecular formula is C20H25ClN2OS. The second kappa shape index (κ2) is 8.65. The molecular weight excluding hydrogens is 352 g/mol. The molecule has 0 saturated heterocycles. The maximum atomic E-state index is 13.0. The third-order valence-electron chi connectivity index (χ3n) is 4.56. The van der Waals surface area contributed by atoms with E-state index < -0.39 is 0 Å².